The zero-order chi connectivity index (χ0) is 24.4. The molecule has 2 fully saturated rings. The number of nitrogens with one attached hydrogen (secondary N) is 2. The summed E-state index contributed by atoms with van der Waals surface area (Å²) < 4.78 is 0. The largest absolute Gasteiger partial charge is 0.348 e. The van der Waals surface area contributed by atoms with Crippen molar-refractivity contribution in [2.45, 2.75) is 39.4 Å². The normalized spacial score (nSPS) is 22.0. The zero-order valence-electron chi connectivity index (χ0n) is 20.8. The third kappa shape index (κ3) is 5.48. The summed E-state index contributed by atoms with van der Waals surface area (Å²) in [6, 6.07) is 9.02. The van der Waals surface area contributed by atoms with E-state index in [2.05, 4.69) is 85.7 Å². The number of thiophene rings is 1. The van der Waals surface area contributed by atoms with Gasteiger partial charge in [0.25, 0.3) is 0 Å². The molecule has 2 aliphatic rings. The van der Waals surface area contributed by atoms with Crippen LogP contribution in [-0.4, -0.2) is 83.6 Å². The molecule has 0 radical (unpaired) electrons. The van der Waals surface area contributed by atoms with E-state index in [1.807, 2.05) is 0 Å². The summed E-state index contributed by atoms with van der Waals surface area (Å²) in [4.78, 5) is 30.2. The van der Waals surface area contributed by atoms with Crippen LogP contribution in [0.3, 0.4) is 0 Å². The first-order chi connectivity index (χ1) is 17.0. The lowest BCUT2D eigenvalue weighted by molar-refractivity contribution is -0.117. The van der Waals surface area contributed by atoms with Gasteiger partial charge in [-0.15, -0.1) is 11.3 Å². The van der Waals surface area contributed by atoms with Gasteiger partial charge in [0.05, 0.1) is 11.9 Å². The van der Waals surface area contributed by atoms with E-state index in [-0.39, 0.29) is 18.0 Å². The maximum atomic E-state index is 13.0. The van der Waals surface area contributed by atoms with Crippen molar-refractivity contribution in [1.82, 2.24) is 25.1 Å². The number of anilines is 2. The first kappa shape index (κ1) is 24.1. The van der Waals surface area contributed by atoms with E-state index in [1.165, 1.54) is 5.56 Å². The number of hydrogen-bond donors (Lipinski definition) is 2. The molecule has 5 rings (SSSR count). The number of aromatic nitrogens is 2. The molecule has 0 bridgehead atoms. The minimum Gasteiger partial charge on any atom is -0.348 e. The molecule has 2 atom stereocenters. The van der Waals surface area contributed by atoms with Crippen molar-refractivity contribution in [2.24, 2.45) is 0 Å². The number of benzene rings is 1. The number of carbonyl (C=O) groups excluding carboxylic acids is 1. The molecule has 8 nitrogen and oxygen atoms in total. The van der Waals surface area contributed by atoms with Crippen LogP contribution in [-0.2, 0) is 11.3 Å². The second-order valence-corrected chi connectivity index (χ2v) is 10.8. The van der Waals surface area contributed by atoms with Crippen LogP contribution in [0.25, 0.3) is 10.2 Å². The fraction of sp³-hybridized carbons (Fsp3) is 0.500. The Balaban J connectivity index is 1.21. The average Bonchev–Trinajstić information content (AvgIpc) is 3.31. The number of carbonyl (C=O) groups is 1. The van der Waals surface area contributed by atoms with Crippen molar-refractivity contribution in [2.75, 3.05) is 56.0 Å². The van der Waals surface area contributed by atoms with Crippen molar-refractivity contribution in [3.05, 3.63) is 47.1 Å². The Morgan fingerprint density at radius 2 is 1.89 bits per heavy atom. The summed E-state index contributed by atoms with van der Waals surface area (Å²) in [6.45, 7) is 13.6. The Labute approximate surface area is 211 Å². The summed E-state index contributed by atoms with van der Waals surface area (Å²) in [6.07, 6.45) is 1.66. The van der Waals surface area contributed by atoms with E-state index in [4.69, 9.17) is 0 Å². The standard InChI is InChI=1S/C26H35N7OS/c1-18-4-5-21(15-31-9-7-27-8-10-31)12-23(18)30-24(34)16-32-13-19(2)33(20(3)14-32)25-22-6-11-35-26(22)29-17-28-25/h4-6,11-12,17,19-20,27H,7-10,13-16H2,1-3H3,(H,30,34)/t19-,20+. The second-order valence-electron chi connectivity index (χ2n) is 9.86. The van der Waals surface area contributed by atoms with Crippen LogP contribution >= 0.6 is 11.3 Å². The number of hydrogen-bond acceptors (Lipinski definition) is 8. The van der Waals surface area contributed by atoms with E-state index in [0.717, 1.165) is 73.1 Å². The molecule has 9 heteroatoms. The third-order valence-corrected chi connectivity index (χ3v) is 7.86. The molecule has 1 amide bonds. The smallest absolute Gasteiger partial charge is 0.238 e. The third-order valence-electron chi connectivity index (χ3n) is 7.04. The van der Waals surface area contributed by atoms with E-state index in [1.54, 1.807) is 17.7 Å². The predicted octanol–water partition coefficient (Wildman–Crippen LogP) is 2.94. The molecule has 186 valence electrons. The highest BCUT2D eigenvalue weighted by Gasteiger charge is 2.32. The van der Waals surface area contributed by atoms with Gasteiger partial charge in [0.2, 0.25) is 5.91 Å². The number of aryl methyl sites for hydroxylation is 1. The van der Waals surface area contributed by atoms with Crippen LogP contribution < -0.4 is 15.5 Å². The van der Waals surface area contributed by atoms with E-state index >= 15 is 0 Å². The zero-order valence-corrected chi connectivity index (χ0v) is 21.6. The molecule has 0 saturated carbocycles. The highest BCUT2D eigenvalue weighted by Crippen LogP contribution is 2.31. The summed E-state index contributed by atoms with van der Waals surface area (Å²) in [5.41, 5.74) is 3.26. The number of nitrogens with zero attached hydrogens (tertiary/aromatic N) is 5. The molecule has 4 heterocycles. The maximum Gasteiger partial charge on any atom is 0.238 e. The lowest BCUT2D eigenvalue weighted by Crippen LogP contribution is -2.58. The minimum absolute atomic E-state index is 0.0440. The monoisotopic (exact) mass is 493 g/mol. The van der Waals surface area contributed by atoms with Crippen LogP contribution in [0.15, 0.2) is 36.0 Å². The molecule has 0 aliphatic carbocycles. The Morgan fingerprint density at radius 1 is 1.11 bits per heavy atom. The van der Waals surface area contributed by atoms with Gasteiger partial charge in [-0.3, -0.25) is 14.6 Å². The number of fused-ring (bicyclic) bond motifs is 1. The Hall–Kier alpha value is -2.59. The molecule has 1 aromatic carbocycles. The van der Waals surface area contributed by atoms with Gasteiger partial charge in [0, 0.05) is 63.6 Å². The van der Waals surface area contributed by atoms with E-state index in [0.29, 0.717) is 6.54 Å². The second kappa shape index (κ2) is 10.6. The van der Waals surface area contributed by atoms with Gasteiger partial charge in [-0.05, 0) is 49.4 Å². The van der Waals surface area contributed by atoms with Crippen LogP contribution in [0.5, 0.6) is 0 Å². The van der Waals surface area contributed by atoms with Crippen molar-refractivity contribution < 1.29 is 4.79 Å². The Kier molecular flexibility index (Phi) is 7.29. The molecule has 0 spiro atoms. The number of piperazine rings is 2. The molecular formula is C26H35N7OS. The van der Waals surface area contributed by atoms with Gasteiger partial charge in [-0.25, -0.2) is 9.97 Å². The van der Waals surface area contributed by atoms with Crippen LogP contribution in [0, 0.1) is 6.92 Å². The molecule has 3 aromatic rings. The summed E-state index contributed by atoms with van der Waals surface area (Å²) in [5, 5.41) is 9.76. The fourth-order valence-electron chi connectivity index (χ4n) is 5.38. The van der Waals surface area contributed by atoms with Gasteiger partial charge in [-0.2, -0.15) is 0 Å². The fourth-order valence-corrected chi connectivity index (χ4v) is 6.11. The minimum atomic E-state index is 0.0440. The highest BCUT2D eigenvalue weighted by atomic mass is 32.1. The van der Waals surface area contributed by atoms with Gasteiger partial charge in [0.1, 0.15) is 17.0 Å². The summed E-state index contributed by atoms with van der Waals surface area (Å²) >= 11 is 1.64. The highest BCUT2D eigenvalue weighted by molar-refractivity contribution is 7.16. The maximum absolute atomic E-state index is 13.0. The summed E-state index contributed by atoms with van der Waals surface area (Å²) in [5.74, 6) is 1.04. The van der Waals surface area contributed by atoms with Gasteiger partial charge in [-0.1, -0.05) is 12.1 Å². The molecule has 2 N–H and O–H groups in total. The van der Waals surface area contributed by atoms with E-state index < -0.39 is 0 Å². The number of amides is 1. The molecule has 0 unspecified atom stereocenters. The average molecular weight is 494 g/mol. The van der Waals surface area contributed by atoms with Gasteiger partial charge < -0.3 is 15.5 Å². The van der Waals surface area contributed by atoms with E-state index in [9.17, 15) is 4.79 Å². The first-order valence-corrected chi connectivity index (χ1v) is 13.4. The van der Waals surface area contributed by atoms with Crippen molar-refractivity contribution in [3.8, 4) is 0 Å². The van der Waals surface area contributed by atoms with Crippen molar-refractivity contribution in [3.63, 3.8) is 0 Å². The first-order valence-electron chi connectivity index (χ1n) is 12.5. The Morgan fingerprint density at radius 3 is 2.66 bits per heavy atom. The van der Waals surface area contributed by atoms with Gasteiger partial charge >= 0.3 is 0 Å². The van der Waals surface area contributed by atoms with Crippen LogP contribution in [0.4, 0.5) is 11.5 Å². The molecule has 2 aliphatic heterocycles. The van der Waals surface area contributed by atoms with Crippen LogP contribution in [0.1, 0.15) is 25.0 Å². The number of rotatable bonds is 6. The molecule has 35 heavy (non-hydrogen) atoms. The molecule has 2 aromatic heterocycles. The predicted molar refractivity (Wildman–Crippen MR) is 143 cm³/mol. The lowest BCUT2D eigenvalue weighted by Gasteiger charge is -2.45. The van der Waals surface area contributed by atoms with Crippen LogP contribution in [0.2, 0.25) is 0 Å². The molecular weight excluding hydrogens is 458 g/mol. The van der Waals surface area contributed by atoms with Crippen molar-refractivity contribution >= 4 is 39.0 Å². The quantitative estimate of drug-likeness (QED) is 0.547. The topological polar surface area (TPSA) is 76.6 Å². The van der Waals surface area contributed by atoms with Crippen molar-refractivity contribution in [1.29, 1.82) is 0 Å². The molecule has 2 saturated heterocycles. The Bertz CT molecular complexity index is 1160. The lowest BCUT2D eigenvalue weighted by atomic mass is 10.1. The summed E-state index contributed by atoms with van der Waals surface area (Å²) in [7, 11) is 0. The van der Waals surface area contributed by atoms with Gasteiger partial charge in [0.15, 0.2) is 0 Å². The SMILES string of the molecule is Cc1ccc(CN2CCNCC2)cc1NC(=O)CN1C[C@@H](C)N(c2ncnc3sccc23)[C@@H](C)C1.